The number of pyridine rings is 2. The summed E-state index contributed by atoms with van der Waals surface area (Å²) in [7, 11) is 5.20. The van der Waals surface area contributed by atoms with Crippen molar-refractivity contribution >= 4 is 97.8 Å². The summed E-state index contributed by atoms with van der Waals surface area (Å²) in [6.45, 7) is 6.44. The summed E-state index contributed by atoms with van der Waals surface area (Å²) in [5.74, 6) is 0.327. The van der Waals surface area contributed by atoms with Gasteiger partial charge in [-0.3, -0.25) is 18.4 Å². The van der Waals surface area contributed by atoms with Crippen LogP contribution in [0.25, 0.3) is 56.1 Å². The first kappa shape index (κ1) is 61.0. The van der Waals surface area contributed by atoms with E-state index in [1.54, 1.807) is 49.1 Å². The number of hydrogen-bond donors (Lipinski definition) is 2. The first-order valence-corrected chi connectivity index (χ1v) is 27.6. The van der Waals surface area contributed by atoms with Gasteiger partial charge in [0.1, 0.15) is 67.8 Å². The van der Waals surface area contributed by atoms with Crippen LogP contribution in [-0.4, -0.2) is 113 Å². The number of aryl methyl sites for hydroxylation is 2. The van der Waals surface area contributed by atoms with Crippen LogP contribution in [0.3, 0.4) is 0 Å². The lowest BCUT2D eigenvalue weighted by Crippen LogP contribution is -2.51. The van der Waals surface area contributed by atoms with E-state index in [-0.39, 0.29) is 54.6 Å². The number of thiazole rings is 2. The second-order valence-electron chi connectivity index (χ2n) is 18.8. The van der Waals surface area contributed by atoms with Gasteiger partial charge in [-0.25, -0.2) is 48.7 Å². The largest absolute Gasteiger partial charge is 0.481 e. The van der Waals surface area contributed by atoms with Gasteiger partial charge in [-0.1, -0.05) is 43.9 Å². The van der Waals surface area contributed by atoms with Gasteiger partial charge in [0.25, 0.3) is 0 Å². The summed E-state index contributed by atoms with van der Waals surface area (Å²) in [5.41, 5.74) is 9.12. The quantitative estimate of drug-likeness (QED) is 0.0805. The van der Waals surface area contributed by atoms with Gasteiger partial charge in [-0.05, 0) is 97.2 Å². The highest BCUT2D eigenvalue weighted by atomic mass is 35.5. The molecule has 12 rings (SSSR count). The number of aliphatic carboxylic acids is 1. The number of imidazole rings is 2. The summed E-state index contributed by atoms with van der Waals surface area (Å²) in [5, 5.41) is 33.0. The predicted molar refractivity (Wildman–Crippen MR) is 322 cm³/mol. The molecule has 0 atom stereocenters. The van der Waals surface area contributed by atoms with Crippen molar-refractivity contribution in [1.29, 1.82) is 10.5 Å². The van der Waals surface area contributed by atoms with E-state index in [4.69, 9.17) is 36.6 Å². The van der Waals surface area contributed by atoms with E-state index in [9.17, 15) is 28.9 Å². The minimum absolute atomic E-state index is 0. The van der Waals surface area contributed by atoms with Gasteiger partial charge in [0.15, 0.2) is 10.3 Å². The molecule has 2 aliphatic rings. The number of fused-ring (bicyclic) bond motifs is 2. The molecule has 0 amide bonds. The number of esters is 1. The van der Waals surface area contributed by atoms with Gasteiger partial charge < -0.3 is 29.9 Å². The van der Waals surface area contributed by atoms with E-state index in [0.29, 0.717) is 74.4 Å². The molecule has 0 radical (unpaired) electrons. The van der Waals surface area contributed by atoms with Gasteiger partial charge in [0, 0.05) is 111 Å². The van der Waals surface area contributed by atoms with Crippen LogP contribution in [0.4, 0.5) is 36.6 Å². The van der Waals surface area contributed by atoms with Gasteiger partial charge >= 0.3 is 11.9 Å². The van der Waals surface area contributed by atoms with Crippen LogP contribution in [-0.2, 0) is 27.2 Å². The van der Waals surface area contributed by atoms with Gasteiger partial charge in [-0.15, -0.1) is 12.4 Å². The van der Waals surface area contributed by atoms with Crippen molar-refractivity contribution < 1.29 is 28.2 Å². The molecule has 20 nitrogen and oxygen atoms in total. The number of methoxy groups -OCH3 is 1. The average Bonchev–Trinajstić information content (AvgIpc) is 2.44. The SMILES string of the molecule is C.CCc1nc2ccc(-c3cnc(Cl)nc3)cn2c1N(C)c1nc(-c2ccc(F)cc2)c(C#N)s1.CCc1nc2ccc(-c3cnc(N4CC(C(=O)O)C4)nc3)cn2c1N(C)c1nc(-c2ccc(F)cc2)c(C#N)s1.COC(=O)C1CNC1.Cl. The lowest BCUT2D eigenvalue weighted by molar-refractivity contribution is -0.147. The maximum Gasteiger partial charge on any atom is 0.311 e. The van der Waals surface area contributed by atoms with Crippen LogP contribution in [0.2, 0.25) is 5.28 Å². The molecule has 0 aliphatic carbocycles. The third-order valence-electron chi connectivity index (χ3n) is 13.6. The van der Waals surface area contributed by atoms with E-state index in [2.05, 4.69) is 42.1 Å². The molecule has 2 fully saturated rings. The molecule has 430 valence electrons. The molecule has 0 spiro atoms. The molecule has 0 saturated carbocycles. The Hall–Kier alpha value is -9.04. The Morgan fingerprint density at radius 1 is 0.679 bits per heavy atom. The zero-order valence-electron chi connectivity index (χ0n) is 45.0. The molecule has 26 heteroatoms. The lowest BCUT2D eigenvalue weighted by atomic mass is 10.0. The Morgan fingerprint density at radius 3 is 1.45 bits per heavy atom. The van der Waals surface area contributed by atoms with Crippen molar-refractivity contribution in [3.8, 4) is 56.9 Å². The van der Waals surface area contributed by atoms with Crippen molar-refractivity contribution in [2.24, 2.45) is 11.8 Å². The van der Waals surface area contributed by atoms with Crippen LogP contribution >= 0.6 is 46.7 Å². The third-order valence-corrected chi connectivity index (χ3v) is 15.9. The first-order chi connectivity index (χ1) is 39.7. The van der Waals surface area contributed by atoms with Gasteiger partial charge in [-0.2, -0.15) is 10.5 Å². The number of aromatic nitrogens is 10. The number of benzene rings is 2. The number of hydrogen-bond acceptors (Lipinski definition) is 19. The van der Waals surface area contributed by atoms with E-state index in [1.165, 1.54) is 54.0 Å². The van der Waals surface area contributed by atoms with Crippen LogP contribution in [0.1, 0.15) is 42.4 Å². The maximum absolute atomic E-state index is 13.5. The number of rotatable bonds is 13. The zero-order chi connectivity index (χ0) is 57.8. The summed E-state index contributed by atoms with van der Waals surface area (Å²) in [4.78, 5) is 64.4. The van der Waals surface area contributed by atoms with E-state index < -0.39 is 5.97 Å². The number of nitriles is 2. The molecule has 0 unspecified atom stereocenters. The minimum Gasteiger partial charge on any atom is -0.481 e. The van der Waals surface area contributed by atoms with Crippen molar-refractivity contribution in [3.63, 3.8) is 0 Å². The standard InChI is InChI=1S/C28H23FN8O2S.C24H17ClFN7S.C5H9NO2.CH4.ClH/c1-3-21-25(35(2)28-34-24(22(10-30)40-28)16-4-7-20(29)8-5-16)37-15-17(6-9-23(37)33-21)18-11-31-27(32-12-18)36-13-19(14-36)26(38)39;1-3-18-22(33-13-15(6-9-20(33)30-18)16-11-28-23(25)29-12-16)32(2)24-31-21(19(10-27)34-24)14-4-7-17(26)8-5-14;1-8-5(7)4-2-6-3-4;;/h4-9,11-12,15,19H,3,13-14H2,1-2H3,(H,38,39);4-9,11-13H,3H2,1-2H3;4,6H,2-3H2,1H3;1H4;1H. The molecule has 2 aromatic carbocycles. The summed E-state index contributed by atoms with van der Waals surface area (Å²) in [6, 6.07) is 24.1. The highest BCUT2D eigenvalue weighted by molar-refractivity contribution is 7.17. The van der Waals surface area contributed by atoms with Gasteiger partial charge in [0.2, 0.25) is 11.2 Å². The third kappa shape index (κ3) is 12.6. The average molecular weight is 1210 g/mol. The van der Waals surface area contributed by atoms with Crippen LogP contribution < -0.4 is 20.0 Å². The second-order valence-corrected chi connectivity index (χ2v) is 21.1. The lowest BCUT2D eigenvalue weighted by Gasteiger charge is -2.36. The summed E-state index contributed by atoms with van der Waals surface area (Å²) in [6.07, 6.45) is 12.1. The molecule has 2 saturated heterocycles. The van der Waals surface area contributed by atoms with E-state index in [1.807, 2.05) is 88.1 Å². The minimum atomic E-state index is -0.804. The molecular weight excluding hydrogens is 1160 g/mol. The molecule has 2 aliphatic heterocycles. The number of nitrogens with zero attached hydrogens (tertiary/aromatic N) is 15. The number of halogens is 4. The molecule has 2 N–H and O–H groups in total. The fourth-order valence-corrected chi connectivity index (χ4v) is 10.8. The van der Waals surface area contributed by atoms with Crippen molar-refractivity contribution in [3.05, 3.63) is 148 Å². The van der Waals surface area contributed by atoms with Crippen molar-refractivity contribution in [1.82, 2.24) is 54.0 Å². The predicted octanol–water partition coefficient (Wildman–Crippen LogP) is 11.1. The molecular formula is C58H54Cl2F2N16O4S2. The van der Waals surface area contributed by atoms with E-state index in [0.717, 1.165) is 69.7 Å². The number of carbonyl (C=O) groups excluding carboxylic acids is 1. The zero-order valence-corrected chi connectivity index (χ0v) is 48.2. The first-order valence-electron chi connectivity index (χ1n) is 25.6. The fraction of sp³-hybridized carbons (Fsp3) is 0.241. The number of carboxylic acids is 1. The number of carbonyl (C=O) groups is 2. The Bertz CT molecular complexity index is 4060. The Morgan fingerprint density at radius 2 is 1.10 bits per heavy atom. The normalized spacial score (nSPS) is 12.7. The summed E-state index contributed by atoms with van der Waals surface area (Å²) >= 11 is 8.38. The second kappa shape index (κ2) is 26.5. The smallest absolute Gasteiger partial charge is 0.311 e. The number of ether oxygens (including phenoxy) is 1. The van der Waals surface area contributed by atoms with Crippen molar-refractivity contribution in [2.75, 3.05) is 62.1 Å². The topological polar surface area (TPSA) is 245 Å². The highest BCUT2D eigenvalue weighted by Crippen LogP contribution is 2.39. The fourth-order valence-electron chi connectivity index (χ4n) is 9.05. The number of nitrogens with one attached hydrogen (secondary N) is 1. The Balaban J connectivity index is 0.000000191. The van der Waals surface area contributed by atoms with Crippen LogP contribution in [0, 0.1) is 46.1 Å². The van der Waals surface area contributed by atoms with Gasteiger partial charge in [0.05, 0.1) is 30.3 Å². The van der Waals surface area contributed by atoms with Crippen LogP contribution in [0.5, 0.6) is 0 Å². The number of anilines is 5. The Kier molecular flexibility index (Phi) is 19.2. The van der Waals surface area contributed by atoms with Crippen molar-refractivity contribution in [2.45, 2.75) is 34.1 Å². The molecule has 10 heterocycles. The maximum atomic E-state index is 13.5. The highest BCUT2D eigenvalue weighted by Gasteiger charge is 2.34. The molecule has 10 aromatic rings. The molecule has 8 aromatic heterocycles. The summed E-state index contributed by atoms with van der Waals surface area (Å²) < 4.78 is 35.3. The molecule has 84 heavy (non-hydrogen) atoms. The monoisotopic (exact) mass is 1210 g/mol. The molecule has 0 bridgehead atoms. The van der Waals surface area contributed by atoms with Crippen LogP contribution in [0.15, 0.2) is 110 Å². The Labute approximate surface area is 500 Å². The van der Waals surface area contributed by atoms with E-state index >= 15 is 0 Å². The number of carboxylic acid groups (broad SMARTS) is 1.